The van der Waals surface area contributed by atoms with E-state index < -0.39 is 0 Å². The summed E-state index contributed by atoms with van der Waals surface area (Å²) in [5.41, 5.74) is 8.75. The first-order valence-electron chi connectivity index (χ1n) is 5.14. The summed E-state index contributed by atoms with van der Waals surface area (Å²) >= 11 is 2.97. The van der Waals surface area contributed by atoms with Crippen LogP contribution >= 0.6 is 22.9 Å². The Balaban J connectivity index is 2.32. The lowest BCUT2D eigenvalue weighted by atomic mass is 10.2. The highest BCUT2D eigenvalue weighted by Crippen LogP contribution is 2.36. The molecule has 0 aromatic carbocycles. The molecule has 17 heavy (non-hydrogen) atoms. The molecule has 0 aliphatic rings. The summed E-state index contributed by atoms with van der Waals surface area (Å²) in [7, 11) is 0. The number of hydrogen-bond donors (Lipinski definition) is 2. The number of aryl methyl sites for hydroxylation is 1. The number of rotatable bonds is 4. The van der Waals surface area contributed by atoms with Crippen molar-refractivity contribution in [3.05, 3.63) is 22.5 Å². The fourth-order valence-electron chi connectivity index (χ4n) is 1.38. The average Bonchev–Trinajstić information content (AvgIpc) is 2.82. The van der Waals surface area contributed by atoms with Crippen molar-refractivity contribution in [1.82, 2.24) is 9.36 Å². The minimum absolute atomic E-state index is 0.532. The number of hydrogen-bond acceptors (Lipinski definition) is 6. The van der Waals surface area contributed by atoms with Crippen LogP contribution in [0.4, 0.5) is 10.8 Å². The third kappa shape index (κ3) is 2.65. The lowest BCUT2D eigenvalue weighted by Gasteiger charge is -2.04. The second-order valence-corrected chi connectivity index (χ2v) is 5.67. The van der Waals surface area contributed by atoms with Crippen molar-refractivity contribution in [2.24, 2.45) is 0 Å². The van der Waals surface area contributed by atoms with Crippen molar-refractivity contribution >= 4 is 33.7 Å². The highest BCUT2D eigenvalue weighted by atomic mass is 32.1. The van der Waals surface area contributed by atoms with E-state index in [0.717, 1.165) is 33.4 Å². The molecule has 0 atom stereocenters. The maximum absolute atomic E-state index is 5.89. The van der Waals surface area contributed by atoms with Gasteiger partial charge in [0, 0.05) is 11.9 Å². The third-order valence-electron chi connectivity index (χ3n) is 2.14. The number of anilines is 2. The molecule has 0 bridgehead atoms. The number of nitrogens with zero attached hydrogens (tertiary/aromatic N) is 2. The van der Waals surface area contributed by atoms with Gasteiger partial charge in [0.05, 0.1) is 16.3 Å². The van der Waals surface area contributed by atoms with E-state index in [1.807, 2.05) is 19.2 Å². The Labute approximate surface area is 108 Å². The fourth-order valence-corrected chi connectivity index (χ4v) is 2.70. The van der Waals surface area contributed by atoms with Gasteiger partial charge in [0.15, 0.2) is 0 Å². The van der Waals surface area contributed by atoms with Gasteiger partial charge in [0.25, 0.3) is 0 Å². The van der Waals surface area contributed by atoms with Crippen LogP contribution in [0.5, 0.6) is 0 Å². The molecule has 0 saturated heterocycles. The summed E-state index contributed by atoms with van der Waals surface area (Å²) in [6.45, 7) is 8.53. The van der Waals surface area contributed by atoms with Crippen LogP contribution in [-0.2, 0) is 0 Å². The molecule has 2 rings (SSSR count). The zero-order valence-corrected chi connectivity index (χ0v) is 11.4. The molecule has 0 radical (unpaired) electrons. The second-order valence-electron chi connectivity index (χ2n) is 3.83. The molecule has 2 aromatic heterocycles. The Hall–Kier alpha value is -1.40. The first kappa shape index (κ1) is 12.1. The zero-order chi connectivity index (χ0) is 12.4. The van der Waals surface area contributed by atoms with E-state index in [4.69, 9.17) is 5.73 Å². The Morgan fingerprint density at radius 2 is 2.35 bits per heavy atom. The molecule has 0 aliphatic heterocycles. The van der Waals surface area contributed by atoms with Crippen molar-refractivity contribution in [3.63, 3.8) is 0 Å². The van der Waals surface area contributed by atoms with Crippen LogP contribution < -0.4 is 11.1 Å². The number of nitrogen functional groups attached to an aromatic ring is 1. The van der Waals surface area contributed by atoms with E-state index in [1.54, 1.807) is 11.3 Å². The van der Waals surface area contributed by atoms with E-state index >= 15 is 0 Å². The lowest BCUT2D eigenvalue weighted by Crippen LogP contribution is -2.01. The number of thiazole rings is 1. The van der Waals surface area contributed by atoms with Crippen molar-refractivity contribution in [3.8, 4) is 11.3 Å². The summed E-state index contributed by atoms with van der Waals surface area (Å²) in [4.78, 5) is 4.44. The van der Waals surface area contributed by atoms with Crippen LogP contribution in [0.3, 0.4) is 0 Å². The van der Waals surface area contributed by atoms with Crippen molar-refractivity contribution in [2.45, 2.75) is 13.8 Å². The minimum Gasteiger partial charge on any atom is -0.382 e. The zero-order valence-electron chi connectivity index (χ0n) is 9.78. The van der Waals surface area contributed by atoms with Crippen molar-refractivity contribution < 1.29 is 0 Å². The molecular weight excluding hydrogens is 252 g/mol. The minimum atomic E-state index is 0.532. The Bertz CT molecular complexity index is 541. The van der Waals surface area contributed by atoms with Gasteiger partial charge in [0.1, 0.15) is 10.8 Å². The summed E-state index contributed by atoms with van der Waals surface area (Å²) in [6, 6.07) is 0. The van der Waals surface area contributed by atoms with E-state index in [0.29, 0.717) is 5.82 Å². The molecule has 3 N–H and O–H groups in total. The molecule has 2 heterocycles. The Morgan fingerprint density at radius 3 is 2.94 bits per heavy atom. The molecule has 0 unspecified atom stereocenters. The predicted octanol–water partition coefficient (Wildman–Crippen LogP) is 3.15. The van der Waals surface area contributed by atoms with Crippen molar-refractivity contribution in [1.29, 1.82) is 0 Å². The van der Waals surface area contributed by atoms with Crippen molar-refractivity contribution in [2.75, 3.05) is 17.6 Å². The quantitative estimate of drug-likeness (QED) is 0.834. The predicted molar refractivity (Wildman–Crippen MR) is 75.7 cm³/mol. The highest BCUT2D eigenvalue weighted by Gasteiger charge is 2.15. The Morgan fingerprint density at radius 1 is 1.59 bits per heavy atom. The number of nitrogens with two attached hydrogens (primary N) is 1. The first-order chi connectivity index (χ1) is 8.08. The van der Waals surface area contributed by atoms with E-state index in [-0.39, 0.29) is 0 Å². The molecule has 0 amide bonds. The van der Waals surface area contributed by atoms with Crippen LogP contribution in [0.1, 0.15) is 11.9 Å². The maximum Gasteiger partial charge on any atom is 0.148 e. The summed E-state index contributed by atoms with van der Waals surface area (Å²) in [6.07, 6.45) is 0. The largest absolute Gasteiger partial charge is 0.382 e. The normalized spacial score (nSPS) is 10.5. The van der Waals surface area contributed by atoms with E-state index in [2.05, 4.69) is 21.3 Å². The smallest absolute Gasteiger partial charge is 0.148 e. The average molecular weight is 266 g/mol. The van der Waals surface area contributed by atoms with Gasteiger partial charge in [-0.1, -0.05) is 12.2 Å². The van der Waals surface area contributed by atoms with Gasteiger partial charge in [-0.25, -0.2) is 4.98 Å². The number of aromatic nitrogens is 2. The second kappa shape index (κ2) is 4.85. The van der Waals surface area contributed by atoms with Gasteiger partial charge in [-0.15, -0.1) is 11.3 Å². The molecule has 4 nitrogen and oxygen atoms in total. The van der Waals surface area contributed by atoms with Gasteiger partial charge < -0.3 is 11.1 Å². The monoisotopic (exact) mass is 266 g/mol. The maximum atomic E-state index is 5.89. The molecule has 2 aromatic rings. The molecule has 0 spiro atoms. The molecule has 6 heteroatoms. The topological polar surface area (TPSA) is 63.8 Å². The van der Waals surface area contributed by atoms with Gasteiger partial charge in [0.2, 0.25) is 0 Å². The molecule has 90 valence electrons. The number of nitrogens with one attached hydrogen (secondary N) is 1. The van der Waals surface area contributed by atoms with Crippen LogP contribution in [0, 0.1) is 6.92 Å². The fraction of sp³-hybridized carbons (Fsp3) is 0.273. The molecule has 0 saturated carbocycles. The summed E-state index contributed by atoms with van der Waals surface area (Å²) < 4.78 is 4.17. The Kier molecular flexibility index (Phi) is 3.44. The molecule has 0 aliphatic carbocycles. The molecular formula is C11H14N4S2. The molecule has 0 fully saturated rings. The van der Waals surface area contributed by atoms with Crippen LogP contribution in [-0.4, -0.2) is 15.9 Å². The van der Waals surface area contributed by atoms with Crippen LogP contribution in [0.25, 0.3) is 11.3 Å². The van der Waals surface area contributed by atoms with Crippen LogP contribution in [0.2, 0.25) is 0 Å². The highest BCUT2D eigenvalue weighted by molar-refractivity contribution is 7.11. The first-order valence-corrected chi connectivity index (χ1v) is 6.79. The summed E-state index contributed by atoms with van der Waals surface area (Å²) in [5, 5.41) is 7.26. The summed E-state index contributed by atoms with van der Waals surface area (Å²) in [5.74, 6) is 0.532. The van der Waals surface area contributed by atoms with Gasteiger partial charge in [-0.3, -0.25) is 0 Å². The van der Waals surface area contributed by atoms with E-state index in [1.165, 1.54) is 11.5 Å². The van der Waals surface area contributed by atoms with E-state index in [9.17, 15) is 0 Å². The lowest BCUT2D eigenvalue weighted by molar-refractivity contribution is 1.23. The third-order valence-corrected chi connectivity index (χ3v) is 3.74. The van der Waals surface area contributed by atoms with Gasteiger partial charge in [-0.05, 0) is 25.4 Å². The van der Waals surface area contributed by atoms with Crippen LogP contribution in [0.15, 0.2) is 17.5 Å². The van der Waals surface area contributed by atoms with Gasteiger partial charge >= 0.3 is 0 Å². The SMILES string of the molecule is C=C(C)CNc1snc(N)c1-c1csc(C)n1. The standard InChI is InChI=1S/C11H14N4S2/c1-6(2)4-13-11-9(10(12)15-17-11)8-5-16-7(3)14-8/h5,13H,1,4H2,2-3H3,(H2,12,15). The van der Waals surface area contributed by atoms with Gasteiger partial charge in [-0.2, -0.15) is 4.37 Å².